The van der Waals surface area contributed by atoms with Gasteiger partial charge in [-0.1, -0.05) is 12.1 Å². The number of benzene rings is 1. The van der Waals surface area contributed by atoms with Crippen molar-refractivity contribution >= 4 is 9.84 Å². The van der Waals surface area contributed by atoms with Crippen LogP contribution in [0.5, 0.6) is 0 Å². The maximum Gasteiger partial charge on any atom is 0.156 e. The summed E-state index contributed by atoms with van der Waals surface area (Å²) in [6.45, 7) is 0.0637. The van der Waals surface area contributed by atoms with Crippen LogP contribution in [0.2, 0.25) is 0 Å². The Hall–Kier alpha value is -0.980. The minimum absolute atomic E-state index is 0.0596. The molecule has 0 aliphatic carbocycles. The molecule has 0 heterocycles. The highest BCUT2D eigenvalue weighted by Gasteiger charge is 2.11. The quantitative estimate of drug-likeness (QED) is 0.736. The van der Waals surface area contributed by atoms with Gasteiger partial charge in [-0.2, -0.15) is 0 Å². The van der Waals surface area contributed by atoms with Crippen LogP contribution in [0.4, 0.5) is 4.39 Å². The summed E-state index contributed by atoms with van der Waals surface area (Å²) in [5.41, 5.74) is 0.550. The second-order valence-corrected chi connectivity index (χ2v) is 5.74. The SMILES string of the molecule is O=S(=O)(CCOCCO)Cc1ccc(F)cc1. The average molecular weight is 262 g/mol. The number of halogens is 1. The van der Waals surface area contributed by atoms with Gasteiger partial charge < -0.3 is 9.84 Å². The van der Waals surface area contributed by atoms with E-state index >= 15 is 0 Å². The first-order valence-corrected chi connectivity index (χ1v) is 6.99. The van der Waals surface area contributed by atoms with Crippen molar-refractivity contribution < 1.29 is 22.7 Å². The molecule has 0 bridgehead atoms. The number of aliphatic hydroxyl groups is 1. The highest BCUT2D eigenvalue weighted by molar-refractivity contribution is 7.90. The van der Waals surface area contributed by atoms with Crippen molar-refractivity contribution in [2.24, 2.45) is 0 Å². The van der Waals surface area contributed by atoms with Gasteiger partial charge >= 0.3 is 0 Å². The first kappa shape index (κ1) is 14.1. The fourth-order valence-electron chi connectivity index (χ4n) is 1.26. The van der Waals surface area contributed by atoms with Crippen molar-refractivity contribution in [3.05, 3.63) is 35.6 Å². The molecule has 0 atom stereocenters. The van der Waals surface area contributed by atoms with Crippen LogP contribution in [0.1, 0.15) is 5.56 Å². The first-order chi connectivity index (χ1) is 8.03. The Labute approximate surface area is 100.0 Å². The van der Waals surface area contributed by atoms with Gasteiger partial charge in [-0.3, -0.25) is 0 Å². The van der Waals surface area contributed by atoms with Crippen LogP contribution < -0.4 is 0 Å². The van der Waals surface area contributed by atoms with Crippen molar-refractivity contribution in [2.45, 2.75) is 5.75 Å². The van der Waals surface area contributed by atoms with Crippen LogP contribution in [0.3, 0.4) is 0 Å². The molecule has 0 aliphatic heterocycles. The molecule has 0 aromatic heterocycles. The molecule has 1 rings (SSSR count). The lowest BCUT2D eigenvalue weighted by molar-refractivity contribution is 0.103. The highest BCUT2D eigenvalue weighted by atomic mass is 32.2. The molecular weight excluding hydrogens is 247 g/mol. The predicted octanol–water partition coefficient (Wildman–Crippen LogP) is 0.749. The van der Waals surface area contributed by atoms with E-state index in [2.05, 4.69) is 0 Å². The van der Waals surface area contributed by atoms with E-state index < -0.39 is 15.7 Å². The van der Waals surface area contributed by atoms with Crippen LogP contribution in [0, 0.1) is 5.82 Å². The predicted molar refractivity (Wildman–Crippen MR) is 61.8 cm³/mol. The second-order valence-electron chi connectivity index (χ2n) is 3.55. The fraction of sp³-hybridized carbons (Fsp3) is 0.455. The summed E-state index contributed by atoms with van der Waals surface area (Å²) in [6.07, 6.45) is 0. The summed E-state index contributed by atoms with van der Waals surface area (Å²) < 4.78 is 40.7. The van der Waals surface area contributed by atoms with Crippen molar-refractivity contribution in [3.8, 4) is 0 Å². The van der Waals surface area contributed by atoms with Gasteiger partial charge in [0.05, 0.1) is 31.3 Å². The maximum atomic E-state index is 12.6. The number of sulfone groups is 1. The molecule has 0 spiro atoms. The highest BCUT2D eigenvalue weighted by Crippen LogP contribution is 2.08. The molecule has 4 nitrogen and oxygen atoms in total. The molecular formula is C11H15FO4S. The zero-order valence-electron chi connectivity index (χ0n) is 9.30. The molecule has 0 aliphatic rings. The van der Waals surface area contributed by atoms with Crippen molar-refractivity contribution in [1.82, 2.24) is 0 Å². The van der Waals surface area contributed by atoms with Crippen LogP contribution >= 0.6 is 0 Å². The van der Waals surface area contributed by atoms with E-state index in [-0.39, 0.29) is 31.3 Å². The summed E-state index contributed by atoms with van der Waals surface area (Å²) in [4.78, 5) is 0. The van der Waals surface area contributed by atoms with E-state index in [1.807, 2.05) is 0 Å². The Kier molecular flexibility index (Phi) is 5.54. The van der Waals surface area contributed by atoms with Gasteiger partial charge in [0.1, 0.15) is 5.82 Å². The van der Waals surface area contributed by atoms with Gasteiger partial charge in [0.25, 0.3) is 0 Å². The number of ether oxygens (including phenoxy) is 1. The van der Waals surface area contributed by atoms with Gasteiger partial charge in [0, 0.05) is 0 Å². The molecule has 0 radical (unpaired) electrons. The Bertz CT molecular complexity index is 427. The van der Waals surface area contributed by atoms with E-state index in [9.17, 15) is 12.8 Å². The average Bonchev–Trinajstić information content (AvgIpc) is 2.27. The molecule has 0 fully saturated rings. The smallest absolute Gasteiger partial charge is 0.156 e. The van der Waals surface area contributed by atoms with Crippen molar-refractivity contribution in [3.63, 3.8) is 0 Å². The van der Waals surface area contributed by atoms with Gasteiger partial charge in [-0.05, 0) is 17.7 Å². The summed E-state index contributed by atoms with van der Waals surface area (Å²) >= 11 is 0. The molecule has 0 unspecified atom stereocenters. The molecule has 17 heavy (non-hydrogen) atoms. The monoisotopic (exact) mass is 262 g/mol. The number of hydrogen-bond acceptors (Lipinski definition) is 4. The maximum absolute atomic E-state index is 12.6. The third-order valence-corrected chi connectivity index (χ3v) is 3.64. The van der Waals surface area contributed by atoms with Gasteiger partial charge in [-0.25, -0.2) is 12.8 Å². The van der Waals surface area contributed by atoms with Crippen LogP contribution in [0.15, 0.2) is 24.3 Å². The summed E-state index contributed by atoms with van der Waals surface area (Å²) in [5, 5.41) is 8.45. The summed E-state index contributed by atoms with van der Waals surface area (Å²) in [7, 11) is -3.26. The lowest BCUT2D eigenvalue weighted by Gasteiger charge is -2.05. The van der Waals surface area contributed by atoms with Crippen LogP contribution in [0.25, 0.3) is 0 Å². The molecule has 1 N–H and O–H groups in total. The lowest BCUT2D eigenvalue weighted by atomic mass is 10.2. The standard InChI is InChI=1S/C11H15FO4S/c12-11-3-1-10(2-4-11)9-17(14,15)8-7-16-6-5-13/h1-4,13H,5-9H2. The Balaban J connectivity index is 2.46. The largest absolute Gasteiger partial charge is 0.394 e. The van der Waals surface area contributed by atoms with Gasteiger partial charge in [0.2, 0.25) is 0 Å². The topological polar surface area (TPSA) is 63.6 Å². The van der Waals surface area contributed by atoms with Crippen molar-refractivity contribution in [2.75, 3.05) is 25.6 Å². The van der Waals surface area contributed by atoms with Gasteiger partial charge in [0.15, 0.2) is 9.84 Å². The first-order valence-electron chi connectivity index (χ1n) is 5.17. The second kappa shape index (κ2) is 6.68. The third kappa shape index (κ3) is 5.76. The molecule has 1 aromatic rings. The minimum atomic E-state index is -3.26. The minimum Gasteiger partial charge on any atom is -0.394 e. The Morgan fingerprint density at radius 3 is 2.41 bits per heavy atom. The van der Waals surface area contributed by atoms with E-state index in [4.69, 9.17) is 9.84 Å². The third-order valence-electron chi connectivity index (χ3n) is 2.07. The molecule has 6 heteroatoms. The van der Waals surface area contributed by atoms with Crippen molar-refractivity contribution in [1.29, 1.82) is 0 Å². The van der Waals surface area contributed by atoms with Crippen LogP contribution in [-0.4, -0.2) is 39.1 Å². The molecule has 0 amide bonds. The Morgan fingerprint density at radius 1 is 1.18 bits per heavy atom. The van der Waals surface area contributed by atoms with E-state index in [1.54, 1.807) is 0 Å². The zero-order chi connectivity index (χ0) is 12.7. The fourth-order valence-corrected chi connectivity index (χ4v) is 2.48. The molecule has 0 saturated carbocycles. The Morgan fingerprint density at radius 2 is 1.82 bits per heavy atom. The molecule has 1 aromatic carbocycles. The molecule has 0 saturated heterocycles. The van der Waals surface area contributed by atoms with E-state index in [0.717, 1.165) is 0 Å². The normalized spacial score (nSPS) is 11.6. The van der Waals surface area contributed by atoms with Gasteiger partial charge in [-0.15, -0.1) is 0 Å². The molecule has 96 valence electrons. The van der Waals surface area contributed by atoms with E-state index in [0.29, 0.717) is 5.56 Å². The number of rotatable bonds is 7. The van der Waals surface area contributed by atoms with Crippen LogP contribution in [-0.2, 0) is 20.3 Å². The lowest BCUT2D eigenvalue weighted by Crippen LogP contribution is -2.15. The zero-order valence-corrected chi connectivity index (χ0v) is 10.1. The van der Waals surface area contributed by atoms with E-state index in [1.165, 1.54) is 24.3 Å². The number of aliphatic hydroxyl groups excluding tert-OH is 1. The summed E-state index contributed by atoms with van der Waals surface area (Å²) in [5.74, 6) is -0.627. The number of hydrogen-bond donors (Lipinski definition) is 1. The summed E-state index contributed by atoms with van der Waals surface area (Å²) in [6, 6.07) is 5.35.